The quantitative estimate of drug-likeness (QED) is 0.411. The summed E-state index contributed by atoms with van der Waals surface area (Å²) in [4.78, 5) is 11.0. The predicted octanol–water partition coefficient (Wildman–Crippen LogP) is 2.65. The maximum atomic E-state index is 11.0. The van der Waals surface area contributed by atoms with E-state index < -0.39 is 5.60 Å². The molecule has 0 saturated heterocycles. The molecule has 1 rings (SSSR count). The molecule has 1 fully saturated rings. The van der Waals surface area contributed by atoms with Crippen molar-refractivity contribution < 1.29 is 9.53 Å². The van der Waals surface area contributed by atoms with Crippen LogP contribution in [-0.4, -0.2) is 16.9 Å². The molecule has 0 atom stereocenters. The molecule has 2 nitrogen and oxygen atoms in total. The molecule has 1 aliphatic rings. The molecule has 0 aliphatic heterocycles. The van der Waals surface area contributed by atoms with Crippen molar-refractivity contribution in [3.63, 3.8) is 0 Å². The van der Waals surface area contributed by atoms with E-state index in [1.807, 2.05) is 0 Å². The molecule has 0 aromatic heterocycles. The van der Waals surface area contributed by atoms with Crippen molar-refractivity contribution in [2.24, 2.45) is 0 Å². The fourth-order valence-electron chi connectivity index (χ4n) is 1.85. The van der Waals surface area contributed by atoms with Gasteiger partial charge >= 0.3 is 5.97 Å². The van der Waals surface area contributed by atoms with Gasteiger partial charge in [0.2, 0.25) is 0 Å². The lowest BCUT2D eigenvalue weighted by Gasteiger charge is -2.31. The maximum absolute atomic E-state index is 11.0. The highest BCUT2D eigenvalue weighted by molar-refractivity contribution is 9.09. The summed E-state index contributed by atoms with van der Waals surface area (Å²) < 4.78 is 5.35. The number of rotatable bonds is 1. The van der Waals surface area contributed by atoms with E-state index in [9.17, 15) is 4.79 Å². The monoisotopic (exact) mass is 258 g/mol. The summed E-state index contributed by atoms with van der Waals surface area (Å²) in [7, 11) is 0. The average Bonchev–Trinajstić information content (AvgIpc) is 2.15. The summed E-state index contributed by atoms with van der Waals surface area (Å²) in [5, 5.41) is 0.635. The molecule has 0 bridgehead atoms. The third-order valence-electron chi connectivity index (χ3n) is 2.38. The van der Waals surface area contributed by atoms with Gasteiger partial charge in [-0.05, 0) is 25.7 Å². The number of ether oxygens (including phenoxy) is 1. The average molecular weight is 259 g/mol. The van der Waals surface area contributed by atoms with Gasteiger partial charge in [-0.1, -0.05) is 34.2 Å². The molecule has 78 valence electrons. The molecular weight excluding hydrogens is 244 g/mol. The molecule has 14 heavy (non-hydrogen) atoms. The van der Waals surface area contributed by atoms with Gasteiger partial charge in [0.1, 0.15) is 0 Å². The number of alkyl halides is 1. The molecule has 3 heteroatoms. The van der Waals surface area contributed by atoms with Crippen molar-refractivity contribution in [1.82, 2.24) is 0 Å². The van der Waals surface area contributed by atoms with Crippen molar-refractivity contribution in [1.29, 1.82) is 0 Å². The minimum atomic E-state index is -0.488. The summed E-state index contributed by atoms with van der Waals surface area (Å²) in [6.07, 6.45) is 5.19. The Morgan fingerprint density at radius 3 is 2.57 bits per heavy atom. The molecule has 0 aromatic rings. The van der Waals surface area contributed by atoms with Crippen LogP contribution in [0.3, 0.4) is 0 Å². The number of carbonyl (C=O) groups excluding carboxylic acids is 1. The Labute approximate surface area is 93.5 Å². The van der Waals surface area contributed by atoms with Gasteiger partial charge in [-0.3, -0.25) is 4.79 Å². The lowest BCUT2D eigenvalue weighted by Crippen LogP contribution is -2.35. The second-order valence-corrected chi connectivity index (χ2v) is 4.14. The first-order chi connectivity index (χ1) is 6.68. The van der Waals surface area contributed by atoms with Crippen LogP contribution in [-0.2, 0) is 9.53 Å². The Kier molecular flexibility index (Phi) is 4.47. The fraction of sp³-hybridized carbons (Fsp3) is 0.727. The van der Waals surface area contributed by atoms with Crippen LogP contribution in [0.5, 0.6) is 0 Å². The molecule has 1 aliphatic carbocycles. The van der Waals surface area contributed by atoms with Crippen LogP contribution in [0.1, 0.15) is 39.0 Å². The molecular formula is C11H15BrO2. The topological polar surface area (TPSA) is 26.3 Å². The lowest BCUT2D eigenvalue weighted by atomic mass is 9.85. The van der Waals surface area contributed by atoms with Gasteiger partial charge in [0, 0.05) is 6.92 Å². The first-order valence-electron chi connectivity index (χ1n) is 4.94. The van der Waals surface area contributed by atoms with E-state index in [0.29, 0.717) is 5.33 Å². The third-order valence-corrected chi connectivity index (χ3v) is 2.66. The van der Waals surface area contributed by atoms with Crippen LogP contribution in [0.4, 0.5) is 0 Å². The minimum absolute atomic E-state index is 0.226. The molecule has 0 spiro atoms. The second-order valence-electron chi connectivity index (χ2n) is 3.58. The van der Waals surface area contributed by atoms with Gasteiger partial charge in [0.15, 0.2) is 5.60 Å². The SMILES string of the molecule is CC(=O)OC1(C#CCBr)CCCCC1. The fourth-order valence-corrected chi connectivity index (χ4v) is 1.99. The first-order valence-corrected chi connectivity index (χ1v) is 6.06. The smallest absolute Gasteiger partial charge is 0.304 e. The highest BCUT2D eigenvalue weighted by atomic mass is 79.9. The van der Waals surface area contributed by atoms with E-state index in [4.69, 9.17) is 4.74 Å². The van der Waals surface area contributed by atoms with Crippen molar-refractivity contribution in [2.45, 2.75) is 44.6 Å². The molecule has 0 aromatic carbocycles. The van der Waals surface area contributed by atoms with Crippen molar-refractivity contribution in [2.75, 3.05) is 5.33 Å². The summed E-state index contributed by atoms with van der Waals surface area (Å²) in [5.74, 6) is 5.80. The van der Waals surface area contributed by atoms with Gasteiger partial charge in [-0.25, -0.2) is 0 Å². The van der Waals surface area contributed by atoms with E-state index in [0.717, 1.165) is 25.7 Å². The Morgan fingerprint density at radius 1 is 1.43 bits per heavy atom. The maximum Gasteiger partial charge on any atom is 0.304 e. The lowest BCUT2D eigenvalue weighted by molar-refractivity contribution is -0.153. The van der Waals surface area contributed by atoms with Crippen molar-refractivity contribution in [3.8, 4) is 11.8 Å². The summed E-state index contributed by atoms with van der Waals surface area (Å²) in [6.45, 7) is 1.45. The minimum Gasteiger partial charge on any atom is -0.446 e. The van der Waals surface area contributed by atoms with Crippen molar-refractivity contribution >= 4 is 21.9 Å². The summed E-state index contributed by atoms with van der Waals surface area (Å²) in [5.41, 5.74) is -0.488. The van der Waals surface area contributed by atoms with Crippen LogP contribution in [0.2, 0.25) is 0 Å². The Balaban J connectivity index is 2.71. The standard InChI is InChI=1S/C11H15BrO2/c1-10(13)14-11(8-5-9-12)6-3-2-4-7-11/h2-4,6-7,9H2,1H3. The number of carbonyl (C=O) groups is 1. The molecule has 0 unspecified atom stereocenters. The number of hydrogen-bond acceptors (Lipinski definition) is 2. The predicted molar refractivity (Wildman–Crippen MR) is 59.2 cm³/mol. The molecule has 0 radical (unpaired) electrons. The highest BCUT2D eigenvalue weighted by Crippen LogP contribution is 2.31. The van der Waals surface area contributed by atoms with E-state index in [2.05, 4.69) is 27.8 Å². The highest BCUT2D eigenvalue weighted by Gasteiger charge is 2.33. The Bertz CT molecular complexity index is 256. The van der Waals surface area contributed by atoms with Crippen LogP contribution in [0.25, 0.3) is 0 Å². The van der Waals surface area contributed by atoms with E-state index in [-0.39, 0.29) is 5.97 Å². The second kappa shape index (κ2) is 5.41. The van der Waals surface area contributed by atoms with Gasteiger partial charge in [-0.15, -0.1) is 0 Å². The number of hydrogen-bond donors (Lipinski definition) is 0. The van der Waals surface area contributed by atoms with Gasteiger partial charge < -0.3 is 4.74 Å². The zero-order chi connectivity index (χ0) is 10.4. The molecule has 0 heterocycles. The van der Waals surface area contributed by atoms with Crippen LogP contribution < -0.4 is 0 Å². The van der Waals surface area contributed by atoms with E-state index in [1.54, 1.807) is 0 Å². The third kappa shape index (κ3) is 3.34. The summed E-state index contributed by atoms with van der Waals surface area (Å²) in [6, 6.07) is 0. The van der Waals surface area contributed by atoms with Crippen molar-refractivity contribution in [3.05, 3.63) is 0 Å². The molecule has 0 amide bonds. The van der Waals surface area contributed by atoms with Gasteiger partial charge in [0.05, 0.1) is 5.33 Å². The zero-order valence-corrected chi connectivity index (χ0v) is 10.0. The van der Waals surface area contributed by atoms with E-state index >= 15 is 0 Å². The number of halogens is 1. The van der Waals surface area contributed by atoms with Crippen LogP contribution in [0, 0.1) is 11.8 Å². The molecule has 1 saturated carbocycles. The Hall–Kier alpha value is -0.490. The molecule has 0 N–H and O–H groups in total. The van der Waals surface area contributed by atoms with E-state index in [1.165, 1.54) is 13.3 Å². The normalized spacial score (nSPS) is 19.3. The number of esters is 1. The van der Waals surface area contributed by atoms with Crippen LogP contribution >= 0.6 is 15.9 Å². The summed E-state index contributed by atoms with van der Waals surface area (Å²) >= 11 is 3.25. The van der Waals surface area contributed by atoms with Gasteiger partial charge in [0.25, 0.3) is 0 Å². The first kappa shape index (κ1) is 11.6. The van der Waals surface area contributed by atoms with Gasteiger partial charge in [-0.2, -0.15) is 0 Å². The Morgan fingerprint density at radius 2 is 2.07 bits per heavy atom. The van der Waals surface area contributed by atoms with Crippen LogP contribution in [0.15, 0.2) is 0 Å². The zero-order valence-electron chi connectivity index (χ0n) is 8.44. The largest absolute Gasteiger partial charge is 0.446 e.